The van der Waals surface area contributed by atoms with E-state index in [0.717, 1.165) is 46.8 Å². The van der Waals surface area contributed by atoms with Gasteiger partial charge in [0, 0.05) is 30.3 Å². The van der Waals surface area contributed by atoms with Gasteiger partial charge >= 0.3 is 6.09 Å². The van der Waals surface area contributed by atoms with E-state index in [0.29, 0.717) is 25.3 Å². The maximum atomic E-state index is 11.3. The lowest BCUT2D eigenvalue weighted by Gasteiger charge is -2.30. The summed E-state index contributed by atoms with van der Waals surface area (Å²) in [4.78, 5) is 25.6. The highest BCUT2D eigenvalue weighted by Crippen LogP contribution is 2.28. The molecule has 1 unspecified atom stereocenters. The highest BCUT2D eigenvalue weighted by Gasteiger charge is 2.25. The van der Waals surface area contributed by atoms with Gasteiger partial charge in [-0.1, -0.05) is 42.5 Å². The average molecular weight is 428 g/mol. The van der Waals surface area contributed by atoms with Crippen molar-refractivity contribution in [3.8, 4) is 17.1 Å². The number of para-hydroxylation sites is 1. The summed E-state index contributed by atoms with van der Waals surface area (Å²) >= 11 is 0. The first-order valence-electron chi connectivity index (χ1n) is 10.8. The predicted molar refractivity (Wildman–Crippen MR) is 122 cm³/mol. The van der Waals surface area contributed by atoms with Crippen LogP contribution in [0.3, 0.4) is 0 Å². The molecule has 1 aliphatic rings. The number of nitrogens with one attached hydrogen (secondary N) is 1. The Morgan fingerprint density at radius 1 is 1.06 bits per heavy atom. The Balaban J connectivity index is 1.31. The zero-order valence-corrected chi connectivity index (χ0v) is 17.6. The van der Waals surface area contributed by atoms with Gasteiger partial charge < -0.3 is 19.7 Å². The van der Waals surface area contributed by atoms with E-state index < -0.39 is 6.09 Å². The van der Waals surface area contributed by atoms with E-state index in [1.165, 1.54) is 4.90 Å². The second kappa shape index (κ2) is 8.70. The molecule has 32 heavy (non-hydrogen) atoms. The second-order valence-corrected chi connectivity index (χ2v) is 8.06. The van der Waals surface area contributed by atoms with E-state index in [1.807, 2.05) is 66.7 Å². The smallest absolute Gasteiger partial charge is 0.407 e. The molecule has 1 fully saturated rings. The Hall–Kier alpha value is -3.87. The van der Waals surface area contributed by atoms with E-state index in [2.05, 4.69) is 9.97 Å². The highest BCUT2D eigenvalue weighted by atomic mass is 16.5. The molecule has 4 aromatic rings. The Kier molecular flexibility index (Phi) is 5.46. The molecule has 1 amide bonds. The largest absolute Gasteiger partial charge is 0.489 e. The minimum Gasteiger partial charge on any atom is -0.489 e. The number of fused-ring (bicyclic) bond motifs is 1. The number of carboxylic acid groups (broad SMARTS) is 1. The molecule has 2 aromatic carbocycles. The standard InChI is InChI=1S/C25H24N4O3/c30-25(31)29-14-4-5-19(15-29)21-12-13-22-24(26-21)28-23(27-22)18-10-8-17(9-11-18)16-32-20-6-2-1-3-7-20/h1-3,6-13,19H,4-5,14-16H2,(H,30,31)(H,26,27,28). The molecule has 3 heterocycles. The van der Waals surface area contributed by atoms with E-state index in [1.54, 1.807) is 0 Å². The third-order valence-electron chi connectivity index (χ3n) is 5.85. The molecule has 1 atom stereocenters. The number of rotatable bonds is 5. The van der Waals surface area contributed by atoms with Crippen molar-refractivity contribution >= 4 is 17.3 Å². The van der Waals surface area contributed by atoms with Gasteiger partial charge in [-0.15, -0.1) is 0 Å². The average Bonchev–Trinajstić information content (AvgIpc) is 3.27. The zero-order chi connectivity index (χ0) is 21.9. The van der Waals surface area contributed by atoms with Gasteiger partial charge in [0.1, 0.15) is 18.2 Å². The van der Waals surface area contributed by atoms with Crippen LogP contribution in [0.1, 0.15) is 30.0 Å². The van der Waals surface area contributed by atoms with Crippen LogP contribution < -0.4 is 4.74 Å². The molecule has 5 rings (SSSR count). The van der Waals surface area contributed by atoms with Crippen molar-refractivity contribution in [2.24, 2.45) is 0 Å². The number of aromatic nitrogens is 3. The number of amides is 1. The fourth-order valence-electron chi connectivity index (χ4n) is 4.11. The monoisotopic (exact) mass is 428 g/mol. The van der Waals surface area contributed by atoms with E-state index in [9.17, 15) is 9.90 Å². The van der Waals surface area contributed by atoms with Crippen molar-refractivity contribution in [1.82, 2.24) is 19.9 Å². The fourth-order valence-corrected chi connectivity index (χ4v) is 4.11. The molecule has 2 N–H and O–H groups in total. The third-order valence-corrected chi connectivity index (χ3v) is 5.85. The number of pyridine rings is 1. The first-order valence-corrected chi connectivity index (χ1v) is 10.8. The molecule has 0 aliphatic carbocycles. The lowest BCUT2D eigenvalue weighted by molar-refractivity contribution is 0.130. The van der Waals surface area contributed by atoms with Crippen molar-refractivity contribution in [2.45, 2.75) is 25.4 Å². The maximum Gasteiger partial charge on any atom is 0.407 e. The number of imidazole rings is 1. The molecule has 162 valence electrons. The maximum absolute atomic E-state index is 11.3. The summed E-state index contributed by atoms with van der Waals surface area (Å²) in [6.07, 6.45) is 0.921. The number of H-pyrrole nitrogens is 1. The summed E-state index contributed by atoms with van der Waals surface area (Å²) in [5, 5.41) is 9.30. The zero-order valence-electron chi connectivity index (χ0n) is 17.6. The van der Waals surface area contributed by atoms with Crippen LogP contribution in [0, 0.1) is 0 Å². The predicted octanol–water partition coefficient (Wildman–Crippen LogP) is 5.06. The summed E-state index contributed by atoms with van der Waals surface area (Å²) in [7, 11) is 0. The van der Waals surface area contributed by atoms with Crippen molar-refractivity contribution in [3.05, 3.63) is 78.0 Å². The van der Waals surface area contributed by atoms with E-state index in [4.69, 9.17) is 9.72 Å². The van der Waals surface area contributed by atoms with Crippen LogP contribution in [0.5, 0.6) is 5.75 Å². The van der Waals surface area contributed by atoms with Gasteiger partial charge in [-0.05, 0) is 42.7 Å². The minimum absolute atomic E-state index is 0.105. The number of piperidine rings is 1. The van der Waals surface area contributed by atoms with Crippen LogP contribution in [-0.2, 0) is 6.61 Å². The Morgan fingerprint density at radius 3 is 2.66 bits per heavy atom. The molecule has 0 bridgehead atoms. The molecule has 1 saturated heterocycles. The van der Waals surface area contributed by atoms with Gasteiger partial charge in [-0.3, -0.25) is 0 Å². The number of likely N-dealkylation sites (tertiary alicyclic amines) is 1. The van der Waals surface area contributed by atoms with Crippen LogP contribution in [0.2, 0.25) is 0 Å². The van der Waals surface area contributed by atoms with Crippen LogP contribution in [-0.4, -0.2) is 44.1 Å². The third kappa shape index (κ3) is 4.27. The summed E-state index contributed by atoms with van der Waals surface area (Å²) in [6, 6.07) is 21.8. The molecule has 0 spiro atoms. The molecule has 2 aromatic heterocycles. The molecule has 7 heteroatoms. The summed E-state index contributed by atoms with van der Waals surface area (Å²) < 4.78 is 5.81. The first kappa shape index (κ1) is 20.1. The van der Waals surface area contributed by atoms with Crippen molar-refractivity contribution in [3.63, 3.8) is 0 Å². The molecule has 0 radical (unpaired) electrons. The highest BCUT2D eigenvalue weighted by molar-refractivity contribution is 5.76. The number of benzene rings is 2. The Labute approximate surface area is 185 Å². The number of ether oxygens (including phenoxy) is 1. The van der Waals surface area contributed by atoms with Gasteiger partial charge in [-0.2, -0.15) is 0 Å². The minimum atomic E-state index is -0.865. The van der Waals surface area contributed by atoms with Gasteiger partial charge in [0.2, 0.25) is 0 Å². The van der Waals surface area contributed by atoms with Crippen molar-refractivity contribution in [1.29, 1.82) is 0 Å². The molecular weight excluding hydrogens is 404 g/mol. The number of aromatic amines is 1. The topological polar surface area (TPSA) is 91.3 Å². The molecule has 7 nitrogen and oxygen atoms in total. The summed E-state index contributed by atoms with van der Waals surface area (Å²) in [5.74, 6) is 1.71. The molecular formula is C25H24N4O3. The number of hydrogen-bond donors (Lipinski definition) is 2. The first-order chi connectivity index (χ1) is 15.7. The Bertz CT molecular complexity index is 1220. The lowest BCUT2D eigenvalue weighted by Crippen LogP contribution is -2.38. The quantitative estimate of drug-likeness (QED) is 0.464. The second-order valence-electron chi connectivity index (χ2n) is 8.06. The number of hydrogen-bond acceptors (Lipinski definition) is 4. The van der Waals surface area contributed by atoms with Gasteiger partial charge in [-0.25, -0.2) is 14.8 Å². The fraction of sp³-hybridized carbons (Fsp3) is 0.240. The van der Waals surface area contributed by atoms with Crippen LogP contribution in [0.4, 0.5) is 4.79 Å². The van der Waals surface area contributed by atoms with Crippen LogP contribution in [0.15, 0.2) is 66.7 Å². The van der Waals surface area contributed by atoms with Crippen LogP contribution in [0.25, 0.3) is 22.6 Å². The SMILES string of the molecule is O=C(O)N1CCCC(c2ccc3[nH]c(-c4ccc(COc5ccccc5)cc4)nc3n2)C1. The van der Waals surface area contributed by atoms with E-state index in [-0.39, 0.29) is 5.92 Å². The van der Waals surface area contributed by atoms with Crippen molar-refractivity contribution < 1.29 is 14.6 Å². The normalized spacial score (nSPS) is 16.2. The molecule has 0 saturated carbocycles. The van der Waals surface area contributed by atoms with Gasteiger partial charge in [0.05, 0.1) is 5.52 Å². The Morgan fingerprint density at radius 2 is 1.88 bits per heavy atom. The van der Waals surface area contributed by atoms with Crippen LogP contribution >= 0.6 is 0 Å². The molecule has 1 aliphatic heterocycles. The number of carbonyl (C=O) groups is 1. The summed E-state index contributed by atoms with van der Waals surface area (Å²) in [6.45, 7) is 1.58. The van der Waals surface area contributed by atoms with E-state index >= 15 is 0 Å². The lowest BCUT2D eigenvalue weighted by atomic mass is 9.94. The number of nitrogens with zero attached hydrogens (tertiary/aromatic N) is 3. The van der Waals surface area contributed by atoms with Gasteiger partial charge in [0.15, 0.2) is 5.65 Å². The summed E-state index contributed by atoms with van der Waals surface area (Å²) in [5.41, 5.74) is 4.47. The van der Waals surface area contributed by atoms with Crippen molar-refractivity contribution in [2.75, 3.05) is 13.1 Å². The van der Waals surface area contributed by atoms with Gasteiger partial charge in [0.25, 0.3) is 0 Å².